The maximum absolute atomic E-state index is 5.95. The number of nitrogens with zero attached hydrogens (tertiary/aromatic N) is 4. The van der Waals surface area contributed by atoms with Gasteiger partial charge in [0.1, 0.15) is 38.1 Å². The van der Waals surface area contributed by atoms with Crippen molar-refractivity contribution in [3.05, 3.63) is 107 Å². The van der Waals surface area contributed by atoms with E-state index in [2.05, 4.69) is 108 Å². The Balaban J connectivity index is 0.000000196. The van der Waals surface area contributed by atoms with Crippen LogP contribution in [0.2, 0.25) is 0 Å². The van der Waals surface area contributed by atoms with Gasteiger partial charge >= 0.3 is 0 Å². The minimum absolute atomic E-state index is 0. The number of anilines is 2. The van der Waals surface area contributed by atoms with Gasteiger partial charge in [-0.25, -0.2) is 9.56 Å². The third-order valence-electron chi connectivity index (χ3n) is 8.02. The lowest BCUT2D eigenvalue weighted by molar-refractivity contribution is -0.399. The molecule has 0 amide bonds. The SMILES string of the molecule is CN(C)c1ccc(C2=[N+](C)c3cccc4cccc2c34)cc1.COc1cc2nc3cc(C)c(=[N+](C)C)cc-3oc2cc1N.[Cl-].[Cl-]. The molecule has 0 fully saturated rings. The number of aromatic nitrogens is 1. The zero-order valence-corrected chi connectivity index (χ0v) is 28.0. The third-order valence-corrected chi connectivity index (χ3v) is 8.02. The Morgan fingerprint density at radius 2 is 1.60 bits per heavy atom. The molecule has 0 unspecified atom stereocenters. The van der Waals surface area contributed by atoms with Crippen molar-refractivity contribution in [3.63, 3.8) is 0 Å². The molecule has 4 aromatic rings. The standard InChI is InChI=1S/C20H19N2.C16H17N3O2.2ClH/c1-21(2)16-12-10-15(11-13-16)20-17-8-4-6-14-7-5-9-18(19(14)17)22(20)3;1-9-5-11-16(8-13(9)19(2)3)21-15-6-10(17)14(20-4)7-12(15)18-11;;/h4-13H,1-3H3;5-8,17H,1-4H3;2*1H/q+1;;;/p-1. The summed E-state index contributed by atoms with van der Waals surface area (Å²) in [5.41, 5.74) is 16.2. The van der Waals surface area contributed by atoms with Gasteiger partial charge in [-0.3, -0.25) is 0 Å². The third kappa shape index (κ3) is 6.06. The molecule has 0 spiro atoms. The molecule has 0 saturated heterocycles. The topological polar surface area (TPSA) is 70.5 Å². The van der Waals surface area contributed by atoms with Crippen molar-refractivity contribution in [2.75, 3.05) is 53.0 Å². The molecule has 0 bridgehead atoms. The second-order valence-corrected chi connectivity index (χ2v) is 11.3. The number of fused-ring (bicyclic) bond motifs is 2. The van der Waals surface area contributed by atoms with Crippen molar-refractivity contribution in [1.82, 2.24) is 9.56 Å². The van der Waals surface area contributed by atoms with Crippen LogP contribution in [-0.4, -0.2) is 57.6 Å². The first kappa shape index (κ1) is 33.3. The first-order chi connectivity index (χ1) is 20.7. The molecule has 3 aliphatic rings. The van der Waals surface area contributed by atoms with E-state index in [0.717, 1.165) is 27.9 Å². The van der Waals surface area contributed by atoms with Crippen LogP contribution >= 0.6 is 0 Å². The van der Waals surface area contributed by atoms with Crippen LogP contribution in [0.25, 0.3) is 33.3 Å². The van der Waals surface area contributed by atoms with Gasteiger partial charge in [0.05, 0.1) is 29.8 Å². The minimum Gasteiger partial charge on any atom is -1.00 e. The molecule has 0 atom stereocenters. The number of aryl methyl sites for hydroxylation is 1. The normalized spacial score (nSPS) is 11.5. The molecule has 0 aromatic heterocycles. The summed E-state index contributed by atoms with van der Waals surface area (Å²) in [5, 5.41) is 3.77. The Morgan fingerprint density at radius 1 is 0.911 bits per heavy atom. The summed E-state index contributed by atoms with van der Waals surface area (Å²) in [5.74, 6) is 1.34. The summed E-state index contributed by atoms with van der Waals surface area (Å²) in [4.78, 5) is 6.77. The van der Waals surface area contributed by atoms with Crippen LogP contribution in [0.4, 0.5) is 17.1 Å². The molecule has 2 heterocycles. The lowest BCUT2D eigenvalue weighted by Crippen LogP contribution is -3.00. The van der Waals surface area contributed by atoms with Gasteiger partial charge in [-0.05, 0) is 48.7 Å². The highest BCUT2D eigenvalue weighted by molar-refractivity contribution is 6.22. The molecule has 1 aliphatic carbocycles. The quantitative estimate of drug-likeness (QED) is 0.166. The van der Waals surface area contributed by atoms with Gasteiger partial charge in [-0.15, -0.1) is 0 Å². The maximum Gasteiger partial charge on any atom is 0.220 e. The van der Waals surface area contributed by atoms with Gasteiger partial charge in [0, 0.05) is 49.1 Å². The van der Waals surface area contributed by atoms with Crippen LogP contribution in [0.15, 0.2) is 89.3 Å². The molecule has 0 saturated carbocycles. The van der Waals surface area contributed by atoms with Crippen molar-refractivity contribution in [3.8, 4) is 17.2 Å². The summed E-state index contributed by atoms with van der Waals surface area (Å²) in [6.45, 7) is 2.06. The van der Waals surface area contributed by atoms with E-state index in [4.69, 9.17) is 14.9 Å². The number of rotatable bonds is 3. The van der Waals surface area contributed by atoms with Crippen LogP contribution in [0.1, 0.15) is 16.7 Å². The Labute approximate surface area is 276 Å². The number of nitrogens with two attached hydrogens (primary N) is 1. The van der Waals surface area contributed by atoms with E-state index in [1.165, 1.54) is 39.0 Å². The second kappa shape index (κ2) is 13.2. The summed E-state index contributed by atoms with van der Waals surface area (Å²) < 4.78 is 15.5. The highest BCUT2D eigenvalue weighted by atomic mass is 35.5. The number of methoxy groups -OCH3 is 1. The van der Waals surface area contributed by atoms with E-state index in [9.17, 15) is 0 Å². The van der Waals surface area contributed by atoms with E-state index in [1.54, 1.807) is 19.2 Å². The molecule has 0 radical (unpaired) electrons. The summed E-state index contributed by atoms with van der Waals surface area (Å²) in [6.07, 6.45) is 0. The molecule has 2 aliphatic heterocycles. The van der Waals surface area contributed by atoms with Crippen molar-refractivity contribution >= 4 is 44.6 Å². The second-order valence-electron chi connectivity index (χ2n) is 11.3. The van der Waals surface area contributed by atoms with Crippen molar-refractivity contribution in [1.29, 1.82) is 0 Å². The molecule has 232 valence electrons. The molecule has 7 rings (SSSR count). The fourth-order valence-corrected chi connectivity index (χ4v) is 5.84. The molecular weight excluding hydrogens is 605 g/mol. The average Bonchev–Trinajstić information content (AvgIpc) is 3.28. The summed E-state index contributed by atoms with van der Waals surface area (Å²) in [7, 11) is 11.9. The van der Waals surface area contributed by atoms with E-state index < -0.39 is 0 Å². The smallest absolute Gasteiger partial charge is 0.220 e. The van der Waals surface area contributed by atoms with Crippen molar-refractivity contribution < 1.29 is 38.5 Å². The molecule has 7 nitrogen and oxygen atoms in total. The number of nitrogen functional groups attached to an aromatic ring is 1. The highest BCUT2D eigenvalue weighted by Gasteiger charge is 2.30. The van der Waals surface area contributed by atoms with Gasteiger partial charge < -0.3 is 44.6 Å². The number of benzene rings is 5. The van der Waals surface area contributed by atoms with E-state index in [1.807, 2.05) is 26.2 Å². The fourth-order valence-electron chi connectivity index (χ4n) is 5.84. The van der Waals surface area contributed by atoms with Crippen molar-refractivity contribution in [2.24, 2.45) is 0 Å². The molecular formula is C36H37Cl2N5O2. The molecule has 2 N–H and O–H groups in total. The van der Waals surface area contributed by atoms with Crippen LogP contribution in [0.3, 0.4) is 0 Å². The van der Waals surface area contributed by atoms with Crippen LogP contribution < -0.4 is 50.1 Å². The first-order valence-corrected chi connectivity index (χ1v) is 14.3. The van der Waals surface area contributed by atoms with Crippen molar-refractivity contribution in [2.45, 2.75) is 6.92 Å². The van der Waals surface area contributed by atoms with Crippen LogP contribution in [0.5, 0.6) is 5.75 Å². The molecule has 4 aromatic carbocycles. The minimum atomic E-state index is 0. The maximum atomic E-state index is 5.95. The molecule has 9 heteroatoms. The van der Waals surface area contributed by atoms with Gasteiger partial charge in [0.15, 0.2) is 11.3 Å². The Morgan fingerprint density at radius 3 is 2.24 bits per heavy atom. The average molecular weight is 643 g/mol. The lowest BCUT2D eigenvalue weighted by atomic mass is 9.98. The molecule has 45 heavy (non-hydrogen) atoms. The lowest BCUT2D eigenvalue weighted by Gasteiger charge is -2.12. The number of ether oxygens (including phenoxy) is 1. The number of hydrogen-bond acceptors (Lipinski definition) is 5. The van der Waals surface area contributed by atoms with Gasteiger partial charge in [-0.1, -0.05) is 24.3 Å². The Kier molecular flexibility index (Phi) is 9.76. The monoisotopic (exact) mass is 641 g/mol. The van der Waals surface area contributed by atoms with Crippen LogP contribution in [0, 0.1) is 6.92 Å². The summed E-state index contributed by atoms with van der Waals surface area (Å²) in [6, 6.07) is 29.4. The fraction of sp³-hybridized carbons (Fsp3) is 0.194. The largest absolute Gasteiger partial charge is 1.00 e. The highest BCUT2D eigenvalue weighted by Crippen LogP contribution is 2.36. The van der Waals surface area contributed by atoms with Gasteiger partial charge in [0.25, 0.3) is 0 Å². The Bertz CT molecular complexity index is 2090. The van der Waals surface area contributed by atoms with Gasteiger partial charge in [-0.2, -0.15) is 4.58 Å². The predicted octanol–water partition coefficient (Wildman–Crippen LogP) is -0.0978. The Hall–Kier alpha value is -4.59. The zero-order chi connectivity index (χ0) is 30.4. The van der Waals surface area contributed by atoms with E-state index >= 15 is 0 Å². The number of halogens is 2. The summed E-state index contributed by atoms with van der Waals surface area (Å²) >= 11 is 0. The number of hydrogen-bond donors (Lipinski definition) is 1. The zero-order valence-electron chi connectivity index (χ0n) is 26.5. The predicted molar refractivity (Wildman–Crippen MR) is 177 cm³/mol. The van der Waals surface area contributed by atoms with Gasteiger partial charge in [0.2, 0.25) is 16.8 Å². The van der Waals surface area contributed by atoms with Crippen LogP contribution in [-0.2, 0) is 0 Å². The van der Waals surface area contributed by atoms with E-state index in [-0.39, 0.29) is 24.8 Å². The first-order valence-electron chi connectivity index (χ1n) is 14.3. The van der Waals surface area contributed by atoms with E-state index in [0.29, 0.717) is 17.0 Å².